The molecule has 6 nitrogen and oxygen atoms in total. The Labute approximate surface area is 153 Å². The second-order valence-corrected chi connectivity index (χ2v) is 8.44. The average Bonchev–Trinajstić information content (AvgIpc) is 2.85. The van der Waals surface area contributed by atoms with Crippen LogP contribution in [0.4, 0.5) is 0 Å². The van der Waals surface area contributed by atoms with Crippen molar-refractivity contribution in [2.45, 2.75) is 70.9 Å². The lowest BCUT2D eigenvalue weighted by Crippen LogP contribution is -2.65. The molecular formula is C20H28O6. The number of esters is 2. The Kier molecular flexibility index (Phi) is 4.56. The third kappa shape index (κ3) is 2.70. The van der Waals surface area contributed by atoms with E-state index in [2.05, 4.69) is 6.58 Å². The smallest absolute Gasteiger partial charge is 0.334 e. The highest BCUT2D eigenvalue weighted by Crippen LogP contribution is 2.59. The predicted molar refractivity (Wildman–Crippen MR) is 93.9 cm³/mol. The van der Waals surface area contributed by atoms with Gasteiger partial charge in [-0.05, 0) is 40.0 Å². The fraction of sp³-hybridized carbons (Fsp3) is 0.700. The number of rotatable bonds is 2. The molecule has 0 aromatic carbocycles. The minimum Gasteiger partial charge on any atom is -0.458 e. The van der Waals surface area contributed by atoms with Gasteiger partial charge in [-0.1, -0.05) is 19.6 Å². The number of aliphatic hydroxyl groups excluding tert-OH is 1. The SMILES string of the molecule is C=C1C(=O)O[C@H]2[C@H]1[C@H](OC(=O)/C(C)=C/C)C[C@@]1(C)[C@H](O)CC[C@@](C)(O)[C@H]21. The first-order valence-corrected chi connectivity index (χ1v) is 9.17. The number of aliphatic hydroxyl groups is 2. The van der Waals surface area contributed by atoms with E-state index in [0.29, 0.717) is 24.8 Å². The van der Waals surface area contributed by atoms with Gasteiger partial charge >= 0.3 is 11.9 Å². The maximum atomic E-state index is 12.3. The van der Waals surface area contributed by atoms with Crippen molar-refractivity contribution in [3.63, 3.8) is 0 Å². The molecule has 0 amide bonds. The van der Waals surface area contributed by atoms with Gasteiger partial charge in [0, 0.05) is 22.5 Å². The number of carbonyl (C=O) groups excluding carboxylic acids is 2. The highest BCUT2D eigenvalue weighted by molar-refractivity contribution is 5.91. The van der Waals surface area contributed by atoms with Gasteiger partial charge in [0.25, 0.3) is 0 Å². The van der Waals surface area contributed by atoms with Crippen molar-refractivity contribution < 1.29 is 29.3 Å². The van der Waals surface area contributed by atoms with Crippen molar-refractivity contribution in [1.29, 1.82) is 0 Å². The van der Waals surface area contributed by atoms with Crippen LogP contribution in [0.2, 0.25) is 0 Å². The zero-order valence-electron chi connectivity index (χ0n) is 15.8. The van der Waals surface area contributed by atoms with Gasteiger partial charge < -0.3 is 19.7 Å². The zero-order chi connectivity index (χ0) is 19.4. The molecule has 0 unspecified atom stereocenters. The van der Waals surface area contributed by atoms with Crippen LogP contribution in [0.1, 0.15) is 47.0 Å². The molecule has 0 aromatic rings. The van der Waals surface area contributed by atoms with Crippen molar-refractivity contribution >= 4 is 11.9 Å². The zero-order valence-corrected chi connectivity index (χ0v) is 15.8. The summed E-state index contributed by atoms with van der Waals surface area (Å²) in [5.41, 5.74) is -1.08. The molecule has 1 aliphatic heterocycles. The van der Waals surface area contributed by atoms with Crippen LogP contribution in [0, 0.1) is 17.3 Å². The molecule has 2 aliphatic carbocycles. The third-order valence-corrected chi connectivity index (χ3v) is 6.71. The number of carbonyl (C=O) groups is 2. The molecule has 0 bridgehead atoms. The molecule has 2 N–H and O–H groups in total. The van der Waals surface area contributed by atoms with E-state index in [0.717, 1.165) is 0 Å². The first-order chi connectivity index (χ1) is 12.0. The molecule has 3 aliphatic rings. The van der Waals surface area contributed by atoms with E-state index >= 15 is 0 Å². The molecule has 6 heteroatoms. The molecule has 3 fully saturated rings. The van der Waals surface area contributed by atoms with Crippen LogP contribution >= 0.6 is 0 Å². The number of hydrogen-bond acceptors (Lipinski definition) is 6. The molecule has 0 radical (unpaired) electrons. The van der Waals surface area contributed by atoms with Crippen LogP contribution in [-0.2, 0) is 19.1 Å². The van der Waals surface area contributed by atoms with Gasteiger partial charge in [0.15, 0.2) is 0 Å². The molecule has 3 rings (SSSR count). The summed E-state index contributed by atoms with van der Waals surface area (Å²) < 4.78 is 11.3. The Hall–Kier alpha value is -1.66. The molecule has 144 valence electrons. The minimum absolute atomic E-state index is 0.267. The third-order valence-electron chi connectivity index (χ3n) is 6.71. The molecular weight excluding hydrogens is 336 g/mol. The molecule has 0 spiro atoms. The van der Waals surface area contributed by atoms with Gasteiger partial charge in [-0.15, -0.1) is 0 Å². The Morgan fingerprint density at radius 1 is 1.42 bits per heavy atom. The van der Waals surface area contributed by atoms with Crippen LogP contribution in [0.25, 0.3) is 0 Å². The average molecular weight is 364 g/mol. The highest BCUT2D eigenvalue weighted by atomic mass is 16.6. The van der Waals surface area contributed by atoms with Crippen LogP contribution < -0.4 is 0 Å². The topological polar surface area (TPSA) is 93.1 Å². The van der Waals surface area contributed by atoms with E-state index in [9.17, 15) is 19.8 Å². The summed E-state index contributed by atoms with van der Waals surface area (Å²) in [4.78, 5) is 24.6. The summed E-state index contributed by atoms with van der Waals surface area (Å²) in [6, 6.07) is 0. The lowest BCUT2D eigenvalue weighted by molar-refractivity contribution is -0.231. The minimum atomic E-state index is -1.09. The van der Waals surface area contributed by atoms with E-state index in [1.807, 2.05) is 6.92 Å². The summed E-state index contributed by atoms with van der Waals surface area (Å²) in [6.07, 6.45) is 0.899. The number of ether oxygens (including phenoxy) is 2. The van der Waals surface area contributed by atoms with E-state index in [1.165, 1.54) is 0 Å². The highest BCUT2D eigenvalue weighted by Gasteiger charge is 2.66. The largest absolute Gasteiger partial charge is 0.458 e. The number of hydrogen-bond donors (Lipinski definition) is 2. The van der Waals surface area contributed by atoms with Crippen LogP contribution in [-0.4, -0.2) is 46.1 Å². The maximum absolute atomic E-state index is 12.3. The van der Waals surface area contributed by atoms with Crippen molar-refractivity contribution in [2.24, 2.45) is 17.3 Å². The first-order valence-electron chi connectivity index (χ1n) is 9.17. The molecule has 1 saturated heterocycles. The Morgan fingerprint density at radius 2 is 2.08 bits per heavy atom. The molecule has 26 heavy (non-hydrogen) atoms. The summed E-state index contributed by atoms with van der Waals surface area (Å²) in [5.74, 6) is -1.94. The summed E-state index contributed by atoms with van der Waals surface area (Å²) in [7, 11) is 0. The second kappa shape index (κ2) is 6.20. The Morgan fingerprint density at radius 3 is 2.69 bits per heavy atom. The predicted octanol–water partition coefficient (Wildman–Crippen LogP) is 1.89. The fourth-order valence-electron chi connectivity index (χ4n) is 5.17. The second-order valence-electron chi connectivity index (χ2n) is 8.44. The van der Waals surface area contributed by atoms with Crippen molar-refractivity contribution in [3.8, 4) is 0 Å². The summed E-state index contributed by atoms with van der Waals surface area (Å²) in [5, 5.41) is 21.7. The van der Waals surface area contributed by atoms with E-state index in [4.69, 9.17) is 9.47 Å². The Balaban J connectivity index is 2.02. The fourth-order valence-corrected chi connectivity index (χ4v) is 5.17. The normalized spacial score (nSPS) is 45.6. The van der Waals surface area contributed by atoms with Gasteiger partial charge in [-0.2, -0.15) is 0 Å². The molecule has 2 saturated carbocycles. The Bertz CT molecular complexity index is 678. The van der Waals surface area contributed by atoms with Crippen LogP contribution in [0.15, 0.2) is 23.8 Å². The molecule has 0 aromatic heterocycles. The van der Waals surface area contributed by atoms with Crippen molar-refractivity contribution in [1.82, 2.24) is 0 Å². The standard InChI is InChI=1S/C20H28O6/c1-6-10(2)17(22)25-12-9-19(4)13(21)7-8-20(5,24)16(19)15-14(12)11(3)18(23)26-15/h6,12-16,21,24H,3,7-9H2,1-2,4-5H3/b10-6+/t12-,13-,14-,15+,16-,19+,20-/m1/s1. The van der Waals surface area contributed by atoms with Crippen LogP contribution in [0.5, 0.6) is 0 Å². The molecule has 7 atom stereocenters. The quantitative estimate of drug-likeness (QED) is 0.574. The van der Waals surface area contributed by atoms with E-state index < -0.39 is 53.1 Å². The summed E-state index contributed by atoms with van der Waals surface area (Å²) in [6.45, 7) is 10.9. The lowest BCUT2D eigenvalue weighted by atomic mass is 9.50. The van der Waals surface area contributed by atoms with Crippen molar-refractivity contribution in [3.05, 3.63) is 23.8 Å². The monoisotopic (exact) mass is 364 g/mol. The van der Waals surface area contributed by atoms with Crippen molar-refractivity contribution in [2.75, 3.05) is 0 Å². The summed E-state index contributed by atoms with van der Waals surface area (Å²) >= 11 is 0. The number of fused-ring (bicyclic) bond motifs is 3. The first kappa shape index (κ1) is 19.1. The van der Waals surface area contributed by atoms with E-state index in [1.54, 1.807) is 26.8 Å². The lowest BCUT2D eigenvalue weighted by Gasteiger charge is -2.58. The van der Waals surface area contributed by atoms with Gasteiger partial charge in [0.2, 0.25) is 0 Å². The van der Waals surface area contributed by atoms with E-state index in [-0.39, 0.29) is 5.57 Å². The molecule has 1 heterocycles. The van der Waals surface area contributed by atoms with Gasteiger partial charge in [-0.3, -0.25) is 0 Å². The van der Waals surface area contributed by atoms with Gasteiger partial charge in [0.1, 0.15) is 12.2 Å². The van der Waals surface area contributed by atoms with Gasteiger partial charge in [0.05, 0.1) is 17.6 Å². The maximum Gasteiger partial charge on any atom is 0.334 e. The number of allylic oxidation sites excluding steroid dienone is 1. The van der Waals surface area contributed by atoms with Gasteiger partial charge in [-0.25, -0.2) is 9.59 Å². The van der Waals surface area contributed by atoms with Crippen LogP contribution in [0.3, 0.4) is 0 Å².